The lowest BCUT2D eigenvalue weighted by molar-refractivity contribution is -0.149. The summed E-state index contributed by atoms with van der Waals surface area (Å²) in [6.45, 7) is 14.0. The minimum absolute atomic E-state index is 0.0512. The molecular formula is C26H41NO4S2. The van der Waals surface area contributed by atoms with Gasteiger partial charge in [-0.05, 0) is 71.4 Å². The van der Waals surface area contributed by atoms with Crippen LogP contribution in [-0.2, 0) is 9.53 Å². The van der Waals surface area contributed by atoms with Crippen LogP contribution in [0.3, 0.4) is 0 Å². The van der Waals surface area contributed by atoms with E-state index in [-0.39, 0.29) is 17.6 Å². The zero-order valence-electron chi connectivity index (χ0n) is 21.1. The van der Waals surface area contributed by atoms with E-state index in [0.29, 0.717) is 6.42 Å². The first-order chi connectivity index (χ1) is 15.4. The van der Waals surface area contributed by atoms with Gasteiger partial charge in [-0.3, -0.25) is 4.79 Å². The number of rotatable bonds is 2. The smallest absolute Gasteiger partial charge is 0.309 e. The van der Waals surface area contributed by atoms with E-state index in [1.807, 2.05) is 46.1 Å². The van der Waals surface area contributed by atoms with Gasteiger partial charge < -0.3 is 14.9 Å². The van der Waals surface area contributed by atoms with Crippen LogP contribution in [0, 0.1) is 12.8 Å². The van der Waals surface area contributed by atoms with Gasteiger partial charge >= 0.3 is 5.97 Å². The molecule has 33 heavy (non-hydrogen) atoms. The molecule has 1 aromatic heterocycles. The standard InChI is InChI=1S/C26H41NO4S2/c1-16-9-8-10-17(2)25(30)19(4)33-26(6,7)23(28)14-24(29)31-22(12-11-16)18(3)13-21-15-32-20(5)27-21/h11,13,15,17,19,22-23,25,28,30H,8-10,12,14H2,1-7H3/b16-11+,18-13+/t17?,19?,22-,23?,25?/m0/s1. The predicted molar refractivity (Wildman–Crippen MR) is 140 cm³/mol. The van der Waals surface area contributed by atoms with Crippen molar-refractivity contribution < 1.29 is 19.7 Å². The molecule has 2 rings (SSSR count). The van der Waals surface area contributed by atoms with Crippen molar-refractivity contribution in [1.29, 1.82) is 0 Å². The Kier molecular flexibility index (Phi) is 10.7. The van der Waals surface area contributed by atoms with E-state index in [0.717, 1.165) is 35.5 Å². The maximum Gasteiger partial charge on any atom is 0.309 e. The Balaban J connectivity index is 2.27. The fourth-order valence-electron chi connectivity index (χ4n) is 4.08. The monoisotopic (exact) mass is 495 g/mol. The summed E-state index contributed by atoms with van der Waals surface area (Å²) in [6, 6.07) is 0. The molecule has 186 valence electrons. The maximum absolute atomic E-state index is 12.8. The van der Waals surface area contributed by atoms with Crippen molar-refractivity contribution in [3.05, 3.63) is 33.3 Å². The van der Waals surface area contributed by atoms with E-state index in [1.165, 1.54) is 17.3 Å². The topological polar surface area (TPSA) is 79.7 Å². The number of hydrogen-bond acceptors (Lipinski definition) is 7. The van der Waals surface area contributed by atoms with Crippen molar-refractivity contribution in [1.82, 2.24) is 4.98 Å². The Labute approximate surface area is 207 Å². The number of hydrogen-bond donors (Lipinski definition) is 2. The van der Waals surface area contributed by atoms with Gasteiger partial charge in [0.25, 0.3) is 0 Å². The van der Waals surface area contributed by atoms with E-state index in [1.54, 1.807) is 11.3 Å². The lowest BCUT2D eigenvalue weighted by Gasteiger charge is -2.35. The van der Waals surface area contributed by atoms with Gasteiger partial charge in [-0.15, -0.1) is 23.1 Å². The summed E-state index contributed by atoms with van der Waals surface area (Å²) in [6.07, 6.45) is 5.79. The molecule has 0 fully saturated rings. The molecule has 0 saturated heterocycles. The molecule has 0 saturated carbocycles. The van der Waals surface area contributed by atoms with Crippen molar-refractivity contribution in [3.63, 3.8) is 0 Å². The molecule has 7 heteroatoms. The molecular weight excluding hydrogens is 454 g/mol. The second-order valence-corrected chi connectivity index (χ2v) is 13.0. The van der Waals surface area contributed by atoms with Crippen LogP contribution in [0.4, 0.5) is 0 Å². The highest BCUT2D eigenvalue weighted by Gasteiger charge is 2.35. The summed E-state index contributed by atoms with van der Waals surface area (Å²) in [4.78, 5) is 17.3. The van der Waals surface area contributed by atoms with Gasteiger partial charge in [-0.25, -0.2) is 4.98 Å². The van der Waals surface area contributed by atoms with Crippen LogP contribution in [-0.4, -0.2) is 49.5 Å². The first-order valence-electron chi connectivity index (χ1n) is 11.9. The predicted octanol–water partition coefficient (Wildman–Crippen LogP) is 5.94. The number of aromatic nitrogens is 1. The van der Waals surface area contributed by atoms with Crippen LogP contribution >= 0.6 is 23.1 Å². The van der Waals surface area contributed by atoms with Gasteiger partial charge in [-0.2, -0.15) is 0 Å². The van der Waals surface area contributed by atoms with Crippen LogP contribution < -0.4 is 0 Å². The number of carbonyl (C=O) groups excluding carboxylic acids is 1. The second-order valence-electron chi connectivity index (χ2n) is 9.95. The average Bonchev–Trinajstić information content (AvgIpc) is 3.13. The number of aryl methyl sites for hydroxylation is 1. The number of aliphatic hydroxyl groups excluding tert-OH is 2. The number of esters is 1. The number of aliphatic hydroxyl groups is 2. The fourth-order valence-corrected chi connectivity index (χ4v) is 6.26. The van der Waals surface area contributed by atoms with Crippen LogP contribution in [0.25, 0.3) is 6.08 Å². The number of thioether (sulfide) groups is 1. The molecule has 5 atom stereocenters. The van der Waals surface area contributed by atoms with E-state index >= 15 is 0 Å². The highest BCUT2D eigenvalue weighted by atomic mass is 32.2. The van der Waals surface area contributed by atoms with Gasteiger partial charge in [0.1, 0.15) is 6.10 Å². The van der Waals surface area contributed by atoms with Crippen molar-refractivity contribution in [2.75, 3.05) is 0 Å². The van der Waals surface area contributed by atoms with Crippen LogP contribution in [0.2, 0.25) is 0 Å². The SMILES string of the molecule is C/C1=C\C[C@@H](/C(C)=C/c2csc(C)n2)OC(=O)CC(O)C(C)(C)SC(C)C(O)C(C)CCC1. The van der Waals surface area contributed by atoms with E-state index < -0.39 is 29.0 Å². The summed E-state index contributed by atoms with van der Waals surface area (Å²) in [7, 11) is 0. The Morgan fingerprint density at radius 2 is 1.97 bits per heavy atom. The number of allylic oxidation sites excluding steroid dienone is 1. The minimum Gasteiger partial charge on any atom is -0.457 e. The molecule has 1 aliphatic rings. The summed E-state index contributed by atoms with van der Waals surface area (Å²) in [5.74, 6) is -0.242. The number of nitrogens with zero attached hydrogens (tertiary/aromatic N) is 1. The van der Waals surface area contributed by atoms with Gasteiger partial charge in [-0.1, -0.05) is 25.5 Å². The zero-order valence-corrected chi connectivity index (χ0v) is 22.8. The molecule has 0 aliphatic carbocycles. The van der Waals surface area contributed by atoms with Crippen LogP contribution in [0.1, 0.15) is 84.3 Å². The van der Waals surface area contributed by atoms with E-state index in [4.69, 9.17) is 4.74 Å². The highest BCUT2D eigenvalue weighted by molar-refractivity contribution is 8.01. The first-order valence-corrected chi connectivity index (χ1v) is 13.6. The summed E-state index contributed by atoms with van der Waals surface area (Å²) >= 11 is 3.13. The number of carbonyl (C=O) groups is 1. The third-order valence-electron chi connectivity index (χ3n) is 6.42. The molecule has 0 aromatic carbocycles. The van der Waals surface area contributed by atoms with Gasteiger partial charge in [0.2, 0.25) is 0 Å². The summed E-state index contributed by atoms with van der Waals surface area (Å²) in [5.41, 5.74) is 3.07. The van der Waals surface area contributed by atoms with Crippen molar-refractivity contribution in [2.24, 2.45) is 5.92 Å². The van der Waals surface area contributed by atoms with E-state index in [9.17, 15) is 15.0 Å². The van der Waals surface area contributed by atoms with E-state index in [2.05, 4.69) is 24.9 Å². The molecule has 4 unspecified atom stereocenters. The Bertz CT molecular complexity index is 845. The Morgan fingerprint density at radius 1 is 1.27 bits per heavy atom. The third-order valence-corrected chi connectivity index (χ3v) is 8.74. The largest absolute Gasteiger partial charge is 0.457 e. The molecule has 1 aliphatic heterocycles. The minimum atomic E-state index is -0.878. The molecule has 0 amide bonds. The average molecular weight is 496 g/mol. The van der Waals surface area contributed by atoms with Gasteiger partial charge in [0.15, 0.2) is 0 Å². The fraction of sp³-hybridized carbons (Fsp3) is 0.692. The van der Waals surface area contributed by atoms with Gasteiger partial charge in [0, 0.05) is 21.8 Å². The highest BCUT2D eigenvalue weighted by Crippen LogP contribution is 2.37. The maximum atomic E-state index is 12.8. The van der Waals surface area contributed by atoms with Gasteiger partial charge in [0.05, 0.1) is 29.3 Å². The second kappa shape index (κ2) is 12.5. The molecule has 1 aromatic rings. The normalized spacial score (nSPS) is 32.6. The molecule has 5 nitrogen and oxygen atoms in total. The summed E-state index contributed by atoms with van der Waals surface area (Å²) in [5, 5.41) is 24.6. The number of ether oxygens (including phenoxy) is 1. The lowest BCUT2D eigenvalue weighted by atomic mass is 9.94. The molecule has 0 spiro atoms. The zero-order chi connectivity index (χ0) is 24.8. The lowest BCUT2D eigenvalue weighted by Crippen LogP contribution is -2.40. The Hall–Kier alpha value is -1.15. The number of thiazole rings is 1. The van der Waals surface area contributed by atoms with Crippen LogP contribution in [0.5, 0.6) is 0 Å². The van der Waals surface area contributed by atoms with Crippen molar-refractivity contribution in [3.8, 4) is 0 Å². The number of cyclic esters (lactones) is 1. The Morgan fingerprint density at radius 3 is 2.61 bits per heavy atom. The first kappa shape index (κ1) is 28.1. The molecule has 0 radical (unpaired) electrons. The third kappa shape index (κ3) is 8.85. The molecule has 2 heterocycles. The van der Waals surface area contributed by atoms with Crippen molar-refractivity contribution in [2.45, 2.75) is 109 Å². The molecule has 2 N–H and O–H groups in total. The van der Waals surface area contributed by atoms with Crippen molar-refractivity contribution >= 4 is 35.1 Å². The van der Waals surface area contributed by atoms with Crippen LogP contribution in [0.15, 0.2) is 22.6 Å². The quantitative estimate of drug-likeness (QED) is 0.391. The summed E-state index contributed by atoms with van der Waals surface area (Å²) < 4.78 is 5.28. The molecule has 0 bridgehead atoms.